The SMILES string of the molecule is CC(C)c1cc(-c2ccc(C(F)(F)F)cc2)sc1CCC(=O)c1ccccc1. The second-order valence-electron chi connectivity index (χ2n) is 7.01. The molecule has 1 heterocycles. The largest absolute Gasteiger partial charge is 0.416 e. The summed E-state index contributed by atoms with van der Waals surface area (Å²) in [6.45, 7) is 4.17. The molecule has 0 aliphatic carbocycles. The van der Waals surface area contributed by atoms with Crippen molar-refractivity contribution in [1.82, 2.24) is 0 Å². The van der Waals surface area contributed by atoms with Crippen LogP contribution in [0.4, 0.5) is 13.2 Å². The Bertz CT molecular complexity index is 938. The van der Waals surface area contributed by atoms with Crippen molar-refractivity contribution in [2.45, 2.75) is 38.8 Å². The first-order chi connectivity index (χ1) is 13.3. The molecule has 0 spiro atoms. The topological polar surface area (TPSA) is 17.1 Å². The molecular weight excluding hydrogens is 381 g/mol. The van der Waals surface area contributed by atoms with Crippen molar-refractivity contribution in [2.75, 3.05) is 0 Å². The summed E-state index contributed by atoms with van der Waals surface area (Å²) in [5, 5.41) is 0. The zero-order chi connectivity index (χ0) is 20.3. The normalized spacial score (nSPS) is 11.8. The second-order valence-corrected chi connectivity index (χ2v) is 8.14. The molecule has 0 atom stereocenters. The van der Waals surface area contributed by atoms with Crippen LogP contribution < -0.4 is 0 Å². The van der Waals surface area contributed by atoms with Crippen LogP contribution >= 0.6 is 11.3 Å². The lowest BCUT2D eigenvalue weighted by Gasteiger charge is -2.06. The Hall–Kier alpha value is -2.40. The molecule has 0 bridgehead atoms. The van der Waals surface area contributed by atoms with Gasteiger partial charge in [0.05, 0.1) is 5.56 Å². The van der Waals surface area contributed by atoms with E-state index in [0.29, 0.717) is 18.4 Å². The number of hydrogen-bond donors (Lipinski definition) is 0. The number of ketones is 1. The van der Waals surface area contributed by atoms with E-state index >= 15 is 0 Å². The maximum absolute atomic E-state index is 12.8. The van der Waals surface area contributed by atoms with Crippen molar-refractivity contribution in [3.8, 4) is 10.4 Å². The van der Waals surface area contributed by atoms with Gasteiger partial charge in [0.1, 0.15) is 0 Å². The number of thiophene rings is 1. The Kier molecular flexibility index (Phi) is 6.04. The van der Waals surface area contributed by atoms with Crippen LogP contribution in [0.15, 0.2) is 60.7 Å². The Morgan fingerprint density at radius 1 is 1.00 bits per heavy atom. The Balaban J connectivity index is 1.81. The van der Waals surface area contributed by atoms with Gasteiger partial charge in [-0.1, -0.05) is 56.3 Å². The van der Waals surface area contributed by atoms with E-state index in [2.05, 4.69) is 13.8 Å². The van der Waals surface area contributed by atoms with E-state index < -0.39 is 11.7 Å². The zero-order valence-corrected chi connectivity index (χ0v) is 16.5. The number of carbonyl (C=O) groups excluding carboxylic acids is 1. The van der Waals surface area contributed by atoms with Crippen LogP contribution in [0.5, 0.6) is 0 Å². The first kappa shape index (κ1) is 20.3. The van der Waals surface area contributed by atoms with Gasteiger partial charge in [0.15, 0.2) is 5.78 Å². The molecule has 1 aromatic heterocycles. The van der Waals surface area contributed by atoms with E-state index in [4.69, 9.17) is 0 Å². The molecule has 0 aliphatic heterocycles. The third-order valence-corrected chi connectivity index (χ3v) is 5.90. The van der Waals surface area contributed by atoms with Gasteiger partial charge in [0.25, 0.3) is 0 Å². The minimum Gasteiger partial charge on any atom is -0.294 e. The molecule has 28 heavy (non-hydrogen) atoms. The van der Waals surface area contributed by atoms with E-state index in [0.717, 1.165) is 33.0 Å². The average Bonchev–Trinajstić information content (AvgIpc) is 3.11. The van der Waals surface area contributed by atoms with E-state index in [-0.39, 0.29) is 11.7 Å². The Morgan fingerprint density at radius 2 is 1.64 bits per heavy atom. The molecular formula is C23H21F3OS. The number of hydrogen-bond acceptors (Lipinski definition) is 2. The molecule has 0 saturated heterocycles. The van der Waals surface area contributed by atoms with E-state index in [9.17, 15) is 18.0 Å². The highest BCUT2D eigenvalue weighted by Gasteiger charge is 2.30. The number of Topliss-reactive ketones (excluding diaryl/α,β-unsaturated/α-hetero) is 1. The molecule has 0 aliphatic rings. The van der Waals surface area contributed by atoms with Gasteiger partial charge in [-0.2, -0.15) is 13.2 Å². The lowest BCUT2D eigenvalue weighted by atomic mass is 9.99. The van der Waals surface area contributed by atoms with Gasteiger partial charge >= 0.3 is 6.18 Å². The first-order valence-corrected chi connectivity index (χ1v) is 9.96. The maximum atomic E-state index is 12.8. The van der Waals surface area contributed by atoms with Crippen LogP contribution in [-0.2, 0) is 12.6 Å². The van der Waals surface area contributed by atoms with Crippen LogP contribution in [0.25, 0.3) is 10.4 Å². The maximum Gasteiger partial charge on any atom is 0.416 e. The number of alkyl halides is 3. The number of carbonyl (C=O) groups is 1. The van der Waals surface area contributed by atoms with Crippen LogP contribution in [0, 0.1) is 0 Å². The first-order valence-electron chi connectivity index (χ1n) is 9.14. The molecule has 0 fully saturated rings. The fourth-order valence-corrected chi connectivity index (χ4v) is 4.41. The average molecular weight is 402 g/mol. The summed E-state index contributed by atoms with van der Waals surface area (Å²) in [4.78, 5) is 14.5. The zero-order valence-electron chi connectivity index (χ0n) is 15.7. The quantitative estimate of drug-likeness (QED) is 0.393. The molecule has 3 aromatic rings. The summed E-state index contributed by atoms with van der Waals surface area (Å²) in [6.07, 6.45) is -3.29. The molecule has 0 N–H and O–H groups in total. The van der Waals surface area contributed by atoms with Crippen molar-refractivity contribution in [3.63, 3.8) is 0 Å². The second kappa shape index (κ2) is 8.31. The fourth-order valence-electron chi connectivity index (χ4n) is 3.09. The molecule has 0 amide bonds. The standard InChI is InChI=1S/C23H21F3OS/c1-15(2)19-14-22(17-8-10-18(11-9-17)23(24,25)26)28-21(19)13-12-20(27)16-6-4-3-5-7-16/h3-11,14-15H,12-13H2,1-2H3. The van der Waals surface area contributed by atoms with Gasteiger partial charge in [-0.3, -0.25) is 4.79 Å². The molecule has 1 nitrogen and oxygen atoms in total. The fraction of sp³-hybridized carbons (Fsp3) is 0.261. The number of halogens is 3. The highest BCUT2D eigenvalue weighted by Crippen LogP contribution is 2.37. The third kappa shape index (κ3) is 4.71. The number of rotatable bonds is 6. The summed E-state index contributed by atoms with van der Waals surface area (Å²) < 4.78 is 38.3. The minimum absolute atomic E-state index is 0.0970. The Morgan fingerprint density at radius 3 is 2.21 bits per heavy atom. The van der Waals surface area contributed by atoms with Gasteiger partial charge in [0, 0.05) is 21.7 Å². The van der Waals surface area contributed by atoms with Crippen molar-refractivity contribution < 1.29 is 18.0 Å². The summed E-state index contributed by atoms with van der Waals surface area (Å²) in [7, 11) is 0. The highest BCUT2D eigenvalue weighted by atomic mass is 32.1. The smallest absolute Gasteiger partial charge is 0.294 e. The number of aryl methyl sites for hydroxylation is 1. The van der Waals surface area contributed by atoms with Gasteiger partial charge < -0.3 is 0 Å². The van der Waals surface area contributed by atoms with Crippen molar-refractivity contribution in [2.24, 2.45) is 0 Å². The molecule has 3 rings (SSSR count). The van der Waals surface area contributed by atoms with Crippen LogP contribution in [0.3, 0.4) is 0 Å². The molecule has 0 saturated carbocycles. The van der Waals surface area contributed by atoms with E-state index in [1.54, 1.807) is 11.3 Å². The predicted molar refractivity (Wildman–Crippen MR) is 108 cm³/mol. The lowest BCUT2D eigenvalue weighted by molar-refractivity contribution is -0.137. The van der Waals surface area contributed by atoms with Crippen molar-refractivity contribution >= 4 is 17.1 Å². The number of benzene rings is 2. The highest BCUT2D eigenvalue weighted by molar-refractivity contribution is 7.15. The minimum atomic E-state index is -4.33. The summed E-state index contributed by atoms with van der Waals surface area (Å²) >= 11 is 1.56. The molecule has 0 radical (unpaired) electrons. The van der Waals surface area contributed by atoms with Crippen LogP contribution in [0.1, 0.15) is 52.5 Å². The molecule has 2 aromatic carbocycles. The van der Waals surface area contributed by atoms with Gasteiger partial charge in [-0.25, -0.2) is 0 Å². The lowest BCUT2D eigenvalue weighted by Crippen LogP contribution is -2.03. The third-order valence-electron chi connectivity index (χ3n) is 4.64. The Labute approximate surface area is 166 Å². The summed E-state index contributed by atoms with van der Waals surface area (Å²) in [5.74, 6) is 0.376. The van der Waals surface area contributed by atoms with Gasteiger partial charge in [-0.05, 0) is 41.7 Å². The monoisotopic (exact) mass is 402 g/mol. The summed E-state index contributed by atoms with van der Waals surface area (Å²) in [6, 6.07) is 16.5. The summed E-state index contributed by atoms with van der Waals surface area (Å²) in [5.41, 5.74) is 1.97. The van der Waals surface area contributed by atoms with Crippen LogP contribution in [-0.4, -0.2) is 5.78 Å². The van der Waals surface area contributed by atoms with Gasteiger partial charge in [0.2, 0.25) is 0 Å². The molecule has 146 valence electrons. The van der Waals surface area contributed by atoms with E-state index in [1.807, 2.05) is 36.4 Å². The van der Waals surface area contributed by atoms with Crippen molar-refractivity contribution in [3.05, 3.63) is 82.2 Å². The predicted octanol–water partition coefficient (Wildman–Crippen LogP) is 7.37. The van der Waals surface area contributed by atoms with Crippen molar-refractivity contribution in [1.29, 1.82) is 0 Å². The van der Waals surface area contributed by atoms with Crippen LogP contribution in [0.2, 0.25) is 0 Å². The van der Waals surface area contributed by atoms with Gasteiger partial charge in [-0.15, -0.1) is 11.3 Å². The van der Waals surface area contributed by atoms with E-state index in [1.165, 1.54) is 12.1 Å². The molecule has 5 heteroatoms. The molecule has 0 unspecified atom stereocenters.